The van der Waals surface area contributed by atoms with Crippen molar-refractivity contribution in [1.82, 2.24) is 0 Å². The van der Waals surface area contributed by atoms with Crippen LogP contribution in [0.25, 0.3) is 11.8 Å². The van der Waals surface area contributed by atoms with Gasteiger partial charge in [-0.15, -0.1) is 0 Å². The number of fused-ring (bicyclic) bond motifs is 1. The van der Waals surface area contributed by atoms with Gasteiger partial charge >= 0.3 is 35.6 Å². The fourth-order valence-corrected chi connectivity index (χ4v) is 6.74. The lowest BCUT2D eigenvalue weighted by Crippen LogP contribution is -2.60. The van der Waals surface area contributed by atoms with Crippen LogP contribution in [0.3, 0.4) is 0 Å². The molecule has 354 valence electrons. The van der Waals surface area contributed by atoms with Crippen LogP contribution < -0.4 is 0 Å². The second kappa shape index (κ2) is 20.8. The molecule has 0 amide bonds. The van der Waals surface area contributed by atoms with Crippen LogP contribution in [0, 0.1) is 0 Å². The molecule has 2 saturated heterocycles. The van der Waals surface area contributed by atoms with Crippen LogP contribution >= 0.6 is 0 Å². The smallest absolute Gasteiger partial charge is 0.330 e. The highest BCUT2D eigenvalue weighted by atomic mass is 16.7. The number of carboxylic acid groups (broad SMARTS) is 2. The number of phenolic OH excluding ortho intramolecular Hbond substituents is 3. The van der Waals surface area contributed by atoms with Crippen LogP contribution in [0.15, 0.2) is 89.6 Å². The minimum atomic E-state index is -2.12. The number of aliphatic carboxylic acids is 2. The maximum atomic E-state index is 12.6. The van der Waals surface area contributed by atoms with Gasteiger partial charge in [0.15, 0.2) is 17.6 Å². The molecule has 24 heteroatoms. The molecule has 0 saturated carbocycles. The summed E-state index contributed by atoms with van der Waals surface area (Å²) in [4.78, 5) is 59.1. The maximum Gasteiger partial charge on any atom is 0.330 e. The number of benzene rings is 2. The predicted molar refractivity (Wildman–Crippen MR) is 213 cm³/mol. The molecule has 66 heavy (non-hydrogen) atoms. The number of rotatable bonds is 16. The first-order valence-corrected chi connectivity index (χ1v) is 19.6. The highest BCUT2D eigenvalue weighted by molar-refractivity contribution is 5.90. The molecule has 0 aromatic heterocycles. The number of hydrogen-bond donors (Lipinski definition) is 11. The van der Waals surface area contributed by atoms with Crippen molar-refractivity contribution in [3.8, 4) is 17.2 Å². The number of esters is 3. The van der Waals surface area contributed by atoms with Gasteiger partial charge in [-0.2, -0.15) is 0 Å². The molecule has 0 radical (unpaired) electrons. The van der Waals surface area contributed by atoms with Crippen molar-refractivity contribution in [3.63, 3.8) is 0 Å². The minimum absolute atomic E-state index is 0.00234. The quantitative estimate of drug-likeness (QED) is 0.0230. The normalized spacial score (nSPS) is 28.4. The number of aliphatic hydroxyl groups excluding tert-OH is 6. The second-order valence-corrected chi connectivity index (χ2v) is 14.8. The van der Waals surface area contributed by atoms with E-state index in [0.717, 1.165) is 12.2 Å². The van der Waals surface area contributed by atoms with Crippen molar-refractivity contribution < 1.29 is 118 Å². The number of carboxylic acids is 2. The lowest BCUT2D eigenvalue weighted by molar-refractivity contribution is -0.295. The number of carbonyl (C=O) groups excluding carboxylic acids is 3. The number of ether oxygens (including phenoxy) is 8. The Morgan fingerprint density at radius 3 is 2.00 bits per heavy atom. The zero-order chi connectivity index (χ0) is 48.0. The summed E-state index contributed by atoms with van der Waals surface area (Å²) in [6.45, 7) is -1.60. The summed E-state index contributed by atoms with van der Waals surface area (Å²) >= 11 is 0. The van der Waals surface area contributed by atoms with Crippen molar-refractivity contribution in [2.45, 2.75) is 80.4 Å². The van der Waals surface area contributed by atoms with Gasteiger partial charge in [0.25, 0.3) is 0 Å². The summed E-state index contributed by atoms with van der Waals surface area (Å²) in [6.07, 6.45) is -16.6. The molecule has 11 unspecified atom stereocenters. The average molecular weight is 932 g/mol. The Labute approximate surface area is 370 Å². The lowest BCUT2D eigenvalue weighted by Gasteiger charge is -2.42. The fourth-order valence-electron chi connectivity index (χ4n) is 6.74. The topological polar surface area (TPSA) is 385 Å². The van der Waals surface area contributed by atoms with Gasteiger partial charge in [0.2, 0.25) is 24.4 Å². The van der Waals surface area contributed by atoms with E-state index in [1.807, 2.05) is 0 Å². The molecule has 4 aliphatic rings. The molecular weight excluding hydrogens is 888 g/mol. The van der Waals surface area contributed by atoms with Gasteiger partial charge < -0.3 is 94.1 Å². The first kappa shape index (κ1) is 48.3. The van der Waals surface area contributed by atoms with Crippen molar-refractivity contribution >= 4 is 41.7 Å². The maximum absolute atomic E-state index is 12.6. The molecule has 3 heterocycles. The van der Waals surface area contributed by atoms with Gasteiger partial charge in [-0.25, -0.2) is 4.79 Å². The number of hydrogen-bond acceptors (Lipinski definition) is 21. The van der Waals surface area contributed by atoms with Crippen LogP contribution in [-0.2, 0) is 57.1 Å². The third-order valence-corrected chi connectivity index (χ3v) is 10.0. The zero-order valence-electron chi connectivity index (χ0n) is 33.9. The second-order valence-electron chi connectivity index (χ2n) is 14.8. The Bertz CT molecular complexity index is 2330. The van der Waals surface area contributed by atoms with Crippen LogP contribution in [0.5, 0.6) is 17.2 Å². The van der Waals surface area contributed by atoms with Gasteiger partial charge in [0.05, 0.1) is 17.2 Å². The van der Waals surface area contributed by atoms with Gasteiger partial charge in [-0.05, 0) is 48.0 Å². The van der Waals surface area contributed by atoms with Gasteiger partial charge in [0.1, 0.15) is 86.1 Å². The molecule has 6 rings (SSSR count). The Hall–Kier alpha value is -7.19. The van der Waals surface area contributed by atoms with Crippen molar-refractivity contribution in [1.29, 1.82) is 0 Å². The summed E-state index contributed by atoms with van der Waals surface area (Å²) in [5.41, 5.74) is 0.626. The van der Waals surface area contributed by atoms with E-state index < -0.39 is 135 Å². The average Bonchev–Trinajstić information content (AvgIpc) is 3.25. The molecule has 0 bridgehead atoms. The Balaban J connectivity index is 1.26. The van der Waals surface area contributed by atoms with E-state index in [2.05, 4.69) is 4.74 Å². The van der Waals surface area contributed by atoms with E-state index in [0.29, 0.717) is 5.56 Å². The Kier molecular flexibility index (Phi) is 15.2. The van der Waals surface area contributed by atoms with E-state index in [4.69, 9.17) is 43.4 Å². The van der Waals surface area contributed by atoms with Crippen molar-refractivity contribution in [2.24, 2.45) is 0 Å². The zero-order valence-corrected chi connectivity index (χ0v) is 33.9. The van der Waals surface area contributed by atoms with Gasteiger partial charge in [-0.1, -0.05) is 6.07 Å². The number of phenols is 3. The molecule has 11 atom stereocenters. The first-order chi connectivity index (χ1) is 31.3. The number of aromatic hydroxyl groups is 3. The van der Waals surface area contributed by atoms with Gasteiger partial charge in [0, 0.05) is 18.2 Å². The summed E-state index contributed by atoms with van der Waals surface area (Å²) in [5.74, 6) is -8.79. The highest BCUT2D eigenvalue weighted by Crippen LogP contribution is 2.39. The van der Waals surface area contributed by atoms with Crippen molar-refractivity contribution in [2.75, 3.05) is 13.2 Å². The van der Waals surface area contributed by atoms with Crippen molar-refractivity contribution in [3.05, 3.63) is 101 Å². The number of allylic oxidation sites excluding steroid dienone is 2. The monoisotopic (exact) mass is 931 g/mol. The molecule has 2 aromatic carbocycles. The summed E-state index contributed by atoms with van der Waals surface area (Å²) in [6, 6.07) is 9.23. The largest absolute Gasteiger partial charge is 0.571 e. The van der Waals surface area contributed by atoms with E-state index in [1.54, 1.807) is 0 Å². The minimum Gasteiger partial charge on any atom is -0.571 e. The predicted octanol–water partition coefficient (Wildman–Crippen LogP) is -1.40. The lowest BCUT2D eigenvalue weighted by atomic mass is 9.96. The molecule has 2 fully saturated rings. The number of aliphatic hydroxyl groups is 8. The van der Waals surface area contributed by atoms with Crippen LogP contribution in [0.1, 0.15) is 24.0 Å². The first-order valence-electron chi connectivity index (χ1n) is 19.6. The fraction of sp³-hybridized carbons (Fsp3) is 0.357. The summed E-state index contributed by atoms with van der Waals surface area (Å²) in [7, 11) is 0. The molecule has 2 aromatic rings. The van der Waals surface area contributed by atoms with E-state index in [-0.39, 0.29) is 39.9 Å². The summed E-state index contributed by atoms with van der Waals surface area (Å²) < 4.78 is 43.3. The highest BCUT2D eigenvalue weighted by Gasteiger charge is 2.51. The van der Waals surface area contributed by atoms with Gasteiger partial charge in [-0.3, -0.25) is 19.2 Å². The van der Waals surface area contributed by atoms with Crippen LogP contribution in [0.4, 0.5) is 0 Å². The molecule has 12 N–H and O–H groups in total. The summed E-state index contributed by atoms with van der Waals surface area (Å²) in [5, 5.41) is 113. The molecule has 0 spiro atoms. The Morgan fingerprint density at radius 1 is 0.682 bits per heavy atom. The Morgan fingerprint density at radius 2 is 1.32 bits per heavy atom. The SMILES string of the molecule is O=C(O)CC(=O)OCC1OC(OC2=CC(O)=CC3[OH+]C(c4ccc(O)cc4)=C(OC4OC(COC(=O)C=Cc5ccc(O)c(O)c5)C(O)C(O)C4O)C=C23)C(O)C(O)C1OC(=O)CC(=O)O. The third kappa shape index (κ3) is 11.7. The van der Waals surface area contributed by atoms with Crippen LogP contribution in [-0.4, -0.2) is 171 Å². The standard InChI is InChI=1S/C42H42O24/c43-19-5-3-18(4-6-19)39-26(63-41-37(57)35(55)34(54)27(64-41)15-59-31(51)8-2-17-1-7-22(45)23(46)9-17)12-21-24(61-39)10-20(44)11-25(21)62-42-38(58)36(56)40(66-33(53)14-30(49)50)28(65-42)16-60-32(52)13-29(47)48/h1-12,24,27-28,34-38,40-46,54-58H,13-16H2,(H,47,48)(H,49,50)/p+1. The van der Waals surface area contributed by atoms with E-state index in [1.165, 1.54) is 60.7 Å². The van der Waals surface area contributed by atoms with E-state index >= 15 is 0 Å². The van der Waals surface area contributed by atoms with Crippen LogP contribution in [0.2, 0.25) is 0 Å². The third-order valence-electron chi connectivity index (χ3n) is 10.0. The molecular formula is C42H43O24+. The number of carbonyl (C=O) groups is 5. The molecule has 1 aliphatic carbocycles. The molecule has 24 nitrogen and oxygen atoms in total. The molecule has 3 aliphatic heterocycles. The van der Waals surface area contributed by atoms with E-state index in [9.17, 15) is 69.9 Å².